The molecule has 0 radical (unpaired) electrons. The Morgan fingerprint density at radius 1 is 0.345 bits per heavy atom. The second kappa shape index (κ2) is 13.1. The summed E-state index contributed by atoms with van der Waals surface area (Å²) in [5.41, 5.74) is 8.44. The van der Waals surface area contributed by atoms with Gasteiger partial charge in [-0.25, -0.2) is 15.0 Å². The van der Waals surface area contributed by atoms with Crippen LogP contribution in [-0.4, -0.2) is 19.5 Å². The first-order chi connectivity index (χ1) is 28.7. The normalized spacial score (nSPS) is 11.8. The molecule has 0 amide bonds. The van der Waals surface area contributed by atoms with Crippen LogP contribution in [-0.2, 0) is 0 Å². The lowest BCUT2D eigenvalue weighted by atomic mass is 9.93. The number of nitrogens with zero attached hydrogens (tertiary/aromatic N) is 4. The monoisotopic (exact) mass is 756 g/mol. The molecule has 0 aliphatic heterocycles. The fourth-order valence-corrected chi connectivity index (χ4v) is 9.85. The van der Waals surface area contributed by atoms with Gasteiger partial charge in [-0.15, -0.1) is 11.3 Å². The summed E-state index contributed by atoms with van der Waals surface area (Å²) in [6, 6.07) is 69.3. The van der Waals surface area contributed by atoms with Crippen molar-refractivity contribution >= 4 is 74.9 Å². The molecule has 0 saturated carbocycles. The van der Waals surface area contributed by atoms with Crippen molar-refractivity contribution in [3.05, 3.63) is 194 Å². The van der Waals surface area contributed by atoms with E-state index in [0.717, 1.165) is 39.0 Å². The van der Waals surface area contributed by atoms with E-state index in [4.69, 9.17) is 15.0 Å². The number of hydrogen-bond donors (Lipinski definition) is 0. The first-order valence-corrected chi connectivity index (χ1v) is 20.3. The molecule has 0 saturated heterocycles. The van der Waals surface area contributed by atoms with Crippen molar-refractivity contribution in [3.8, 4) is 51.0 Å². The first kappa shape index (κ1) is 32.7. The zero-order valence-electron chi connectivity index (χ0n) is 31.2. The van der Waals surface area contributed by atoms with Crippen molar-refractivity contribution in [1.29, 1.82) is 0 Å². The van der Waals surface area contributed by atoms with Crippen LogP contribution in [0.5, 0.6) is 0 Å². The van der Waals surface area contributed by atoms with Gasteiger partial charge in [0.05, 0.1) is 11.0 Å². The van der Waals surface area contributed by atoms with Gasteiger partial charge in [-0.2, -0.15) is 0 Å². The van der Waals surface area contributed by atoms with Gasteiger partial charge in [-0.05, 0) is 87.3 Å². The topological polar surface area (TPSA) is 43.6 Å². The summed E-state index contributed by atoms with van der Waals surface area (Å²) in [4.78, 5) is 15.6. The molecule has 0 fully saturated rings. The molecule has 0 aliphatic carbocycles. The van der Waals surface area contributed by atoms with Crippen LogP contribution in [0.25, 0.3) is 115 Å². The van der Waals surface area contributed by atoms with Gasteiger partial charge in [-0.1, -0.05) is 140 Å². The third-order valence-corrected chi connectivity index (χ3v) is 12.5. The minimum Gasteiger partial charge on any atom is -0.309 e. The molecule has 12 rings (SSSR count). The summed E-state index contributed by atoms with van der Waals surface area (Å²) < 4.78 is 4.93. The van der Waals surface area contributed by atoms with E-state index in [1.54, 1.807) is 0 Å². The first-order valence-electron chi connectivity index (χ1n) is 19.5. The van der Waals surface area contributed by atoms with Gasteiger partial charge in [0.25, 0.3) is 0 Å². The maximum absolute atomic E-state index is 5.26. The molecule has 9 aromatic carbocycles. The molecule has 3 aromatic heterocycles. The average Bonchev–Trinajstić information content (AvgIpc) is 3.82. The average molecular weight is 757 g/mol. The van der Waals surface area contributed by atoms with Crippen LogP contribution < -0.4 is 0 Å². The van der Waals surface area contributed by atoms with Gasteiger partial charge in [-0.3, -0.25) is 0 Å². The Balaban J connectivity index is 1.18. The molecule has 0 spiro atoms. The van der Waals surface area contributed by atoms with Gasteiger partial charge in [0.15, 0.2) is 17.5 Å². The maximum atomic E-state index is 5.26. The van der Waals surface area contributed by atoms with Crippen LogP contribution in [0.2, 0.25) is 0 Å². The molecule has 0 atom stereocenters. The molecule has 0 unspecified atom stereocenters. The zero-order chi connectivity index (χ0) is 38.2. The number of benzene rings is 9. The Morgan fingerprint density at radius 2 is 0.931 bits per heavy atom. The molecule has 4 nitrogen and oxygen atoms in total. The summed E-state index contributed by atoms with van der Waals surface area (Å²) >= 11 is 1.85. The van der Waals surface area contributed by atoms with Crippen molar-refractivity contribution in [2.45, 2.75) is 0 Å². The second-order valence-corrected chi connectivity index (χ2v) is 15.9. The Morgan fingerprint density at radius 3 is 1.64 bits per heavy atom. The number of rotatable bonds is 5. The smallest absolute Gasteiger partial charge is 0.164 e. The third kappa shape index (κ3) is 5.25. The van der Waals surface area contributed by atoms with Crippen LogP contribution in [0, 0.1) is 0 Å². The number of hydrogen-bond acceptors (Lipinski definition) is 4. The van der Waals surface area contributed by atoms with E-state index in [0.29, 0.717) is 17.5 Å². The molecule has 270 valence electrons. The summed E-state index contributed by atoms with van der Waals surface area (Å²) in [6.45, 7) is 0. The van der Waals surface area contributed by atoms with E-state index in [1.165, 1.54) is 58.0 Å². The van der Waals surface area contributed by atoms with Crippen molar-refractivity contribution < 1.29 is 0 Å². The minimum absolute atomic E-state index is 0.629. The van der Waals surface area contributed by atoms with Crippen molar-refractivity contribution in [1.82, 2.24) is 19.5 Å². The Hall–Kier alpha value is -7.47. The lowest BCUT2D eigenvalue weighted by molar-refractivity contribution is 1.07. The quantitative estimate of drug-likeness (QED) is 0.176. The number of para-hydroxylation sites is 1. The molecule has 3 heterocycles. The number of thiophene rings is 1. The highest BCUT2D eigenvalue weighted by molar-refractivity contribution is 7.26. The third-order valence-electron chi connectivity index (χ3n) is 11.4. The largest absolute Gasteiger partial charge is 0.309 e. The Kier molecular flexibility index (Phi) is 7.37. The standard InChI is InChI=1S/C53H32N4S/c1-3-14-33(15-4-1)51-54-52(34-16-5-2-6-17-34)56-53(55-51)42-27-26-39(57-46-24-12-11-22-40(46)44-28-35-18-7-9-20-37(35)30-47(44)57)32-43(42)41-23-13-25-48-50(41)45-29-36-19-8-10-21-38(36)31-49(45)58-48/h1-32H. The lowest BCUT2D eigenvalue weighted by Gasteiger charge is -2.16. The summed E-state index contributed by atoms with van der Waals surface area (Å²) in [5.74, 6) is 1.91. The summed E-state index contributed by atoms with van der Waals surface area (Å²) in [7, 11) is 0. The predicted octanol–water partition coefficient (Wildman–Crippen LogP) is 14.3. The van der Waals surface area contributed by atoms with E-state index in [9.17, 15) is 0 Å². The molecule has 0 aliphatic rings. The SMILES string of the molecule is c1ccc(-c2nc(-c3ccccc3)nc(-c3ccc(-n4c5ccccc5c5cc6ccccc6cc54)cc3-c3cccc4sc5cc6ccccc6cc5c34)n2)cc1. The van der Waals surface area contributed by atoms with Crippen LogP contribution in [0.4, 0.5) is 0 Å². The van der Waals surface area contributed by atoms with E-state index in [2.05, 4.69) is 162 Å². The highest BCUT2D eigenvalue weighted by Gasteiger charge is 2.21. The van der Waals surface area contributed by atoms with Crippen LogP contribution in [0.15, 0.2) is 194 Å². The van der Waals surface area contributed by atoms with Gasteiger partial charge in [0, 0.05) is 53.3 Å². The molecule has 58 heavy (non-hydrogen) atoms. The highest BCUT2D eigenvalue weighted by atomic mass is 32.1. The fourth-order valence-electron chi connectivity index (χ4n) is 8.69. The highest BCUT2D eigenvalue weighted by Crippen LogP contribution is 2.45. The minimum atomic E-state index is 0.629. The van der Waals surface area contributed by atoms with E-state index in [1.807, 2.05) is 47.7 Å². The van der Waals surface area contributed by atoms with E-state index >= 15 is 0 Å². The number of aromatic nitrogens is 4. The van der Waals surface area contributed by atoms with Crippen LogP contribution >= 0.6 is 11.3 Å². The molecule has 12 aromatic rings. The van der Waals surface area contributed by atoms with Gasteiger partial charge >= 0.3 is 0 Å². The molecule has 0 bridgehead atoms. The molecular weight excluding hydrogens is 725 g/mol. The Labute approximate surface area is 338 Å². The van der Waals surface area contributed by atoms with Gasteiger partial charge in [0.2, 0.25) is 0 Å². The molecule has 0 N–H and O–H groups in total. The van der Waals surface area contributed by atoms with E-state index < -0.39 is 0 Å². The van der Waals surface area contributed by atoms with Crippen LogP contribution in [0.3, 0.4) is 0 Å². The molecule has 5 heteroatoms. The van der Waals surface area contributed by atoms with Crippen molar-refractivity contribution in [2.75, 3.05) is 0 Å². The van der Waals surface area contributed by atoms with Gasteiger partial charge < -0.3 is 4.57 Å². The summed E-state index contributed by atoms with van der Waals surface area (Å²) in [6.07, 6.45) is 0. The van der Waals surface area contributed by atoms with Gasteiger partial charge in [0.1, 0.15) is 0 Å². The van der Waals surface area contributed by atoms with Crippen molar-refractivity contribution in [3.63, 3.8) is 0 Å². The summed E-state index contributed by atoms with van der Waals surface area (Å²) in [5, 5.41) is 9.87. The molecular formula is C53H32N4S. The maximum Gasteiger partial charge on any atom is 0.164 e. The lowest BCUT2D eigenvalue weighted by Crippen LogP contribution is -2.02. The Bertz CT molecular complexity index is 3510. The van der Waals surface area contributed by atoms with Crippen molar-refractivity contribution in [2.24, 2.45) is 0 Å². The van der Waals surface area contributed by atoms with E-state index in [-0.39, 0.29) is 0 Å². The zero-order valence-corrected chi connectivity index (χ0v) is 32.0. The fraction of sp³-hybridized carbons (Fsp3) is 0. The van der Waals surface area contributed by atoms with Crippen LogP contribution in [0.1, 0.15) is 0 Å². The predicted molar refractivity (Wildman–Crippen MR) is 244 cm³/mol. The number of fused-ring (bicyclic) bond motifs is 8. The second-order valence-electron chi connectivity index (χ2n) is 14.8.